The average Bonchev–Trinajstić information content (AvgIpc) is 2.89. The van der Waals surface area contributed by atoms with Crippen molar-refractivity contribution >= 4 is 5.97 Å². The van der Waals surface area contributed by atoms with Gasteiger partial charge in [0.2, 0.25) is 5.60 Å². The number of hydrogen-bond donors (Lipinski definition) is 0. The Labute approximate surface area is 83.2 Å². The van der Waals surface area contributed by atoms with Crippen LogP contribution in [0, 0.1) is 0 Å². The minimum Gasteiger partial charge on any atom is -0.467 e. The minimum atomic E-state index is -4.59. The standard InChI is InChI=1S/C9H7F3O3/c1-14-7(13)8-5(9(10,11)12)3-2-4-6(8)15-8/h2-4,6H,1H3. The van der Waals surface area contributed by atoms with Crippen LogP contribution in [0.15, 0.2) is 23.8 Å². The zero-order valence-corrected chi connectivity index (χ0v) is 7.67. The molecule has 15 heavy (non-hydrogen) atoms. The fourth-order valence-electron chi connectivity index (χ4n) is 1.67. The molecule has 0 N–H and O–H groups in total. The monoisotopic (exact) mass is 220 g/mol. The van der Waals surface area contributed by atoms with Gasteiger partial charge in [-0.3, -0.25) is 0 Å². The lowest BCUT2D eigenvalue weighted by atomic mass is 9.90. The maximum absolute atomic E-state index is 12.6. The third-order valence-electron chi connectivity index (χ3n) is 2.40. The Morgan fingerprint density at radius 1 is 1.60 bits per heavy atom. The first-order chi connectivity index (χ1) is 6.93. The highest BCUT2D eigenvalue weighted by molar-refractivity contribution is 5.89. The quantitative estimate of drug-likeness (QED) is 0.494. The SMILES string of the molecule is COC(=O)C12OC1C=CC=C2C(F)(F)F. The molecular formula is C9H7F3O3. The van der Waals surface area contributed by atoms with Gasteiger partial charge >= 0.3 is 12.1 Å². The highest BCUT2D eigenvalue weighted by Gasteiger charge is 2.71. The first-order valence-electron chi connectivity index (χ1n) is 4.15. The number of esters is 1. The molecule has 0 saturated carbocycles. The molecule has 0 spiro atoms. The van der Waals surface area contributed by atoms with Crippen molar-refractivity contribution < 1.29 is 27.4 Å². The maximum Gasteiger partial charge on any atom is 0.416 e. The topological polar surface area (TPSA) is 38.8 Å². The van der Waals surface area contributed by atoms with Crippen molar-refractivity contribution in [3.8, 4) is 0 Å². The van der Waals surface area contributed by atoms with Crippen molar-refractivity contribution in [1.82, 2.24) is 0 Å². The Hall–Kier alpha value is -1.30. The van der Waals surface area contributed by atoms with Gasteiger partial charge in [0.15, 0.2) is 0 Å². The van der Waals surface area contributed by atoms with E-state index in [1.54, 1.807) is 0 Å². The van der Waals surface area contributed by atoms with E-state index in [0.29, 0.717) is 0 Å². The van der Waals surface area contributed by atoms with E-state index in [1.165, 1.54) is 12.2 Å². The van der Waals surface area contributed by atoms with Crippen molar-refractivity contribution in [3.05, 3.63) is 23.8 Å². The fraction of sp³-hybridized carbons (Fsp3) is 0.444. The fourth-order valence-corrected chi connectivity index (χ4v) is 1.67. The van der Waals surface area contributed by atoms with Crippen LogP contribution in [0.1, 0.15) is 0 Å². The number of allylic oxidation sites excluding steroid dienone is 2. The summed E-state index contributed by atoms with van der Waals surface area (Å²) in [6.45, 7) is 0. The van der Waals surface area contributed by atoms with Gasteiger partial charge in [0, 0.05) is 0 Å². The number of methoxy groups -OCH3 is 1. The summed E-state index contributed by atoms with van der Waals surface area (Å²) in [7, 11) is 1.03. The van der Waals surface area contributed by atoms with E-state index in [-0.39, 0.29) is 0 Å². The van der Waals surface area contributed by atoms with Crippen molar-refractivity contribution in [3.63, 3.8) is 0 Å². The number of alkyl halides is 3. The Bertz CT molecular complexity index is 369. The average molecular weight is 220 g/mol. The molecule has 0 bridgehead atoms. The van der Waals surface area contributed by atoms with Crippen LogP contribution >= 0.6 is 0 Å². The number of epoxide rings is 1. The first-order valence-corrected chi connectivity index (χ1v) is 4.15. The molecule has 0 aromatic heterocycles. The molecule has 0 amide bonds. The zero-order valence-electron chi connectivity index (χ0n) is 7.67. The molecule has 2 atom stereocenters. The second kappa shape index (κ2) is 2.85. The maximum atomic E-state index is 12.6. The number of fused-ring (bicyclic) bond motifs is 1. The van der Waals surface area contributed by atoms with Crippen LogP contribution in [0.25, 0.3) is 0 Å². The van der Waals surface area contributed by atoms with Crippen LogP contribution in [0.2, 0.25) is 0 Å². The molecule has 3 nitrogen and oxygen atoms in total. The Balaban J connectivity index is 2.40. The molecule has 2 unspecified atom stereocenters. The zero-order chi connectivity index (χ0) is 11.3. The highest BCUT2D eigenvalue weighted by atomic mass is 19.4. The van der Waals surface area contributed by atoms with Crippen molar-refractivity contribution in [1.29, 1.82) is 0 Å². The van der Waals surface area contributed by atoms with Crippen LogP contribution in [-0.4, -0.2) is 31.0 Å². The number of rotatable bonds is 1. The summed E-state index contributed by atoms with van der Waals surface area (Å²) in [5.41, 5.74) is -2.96. The van der Waals surface area contributed by atoms with Gasteiger partial charge in [-0.2, -0.15) is 13.2 Å². The highest BCUT2D eigenvalue weighted by Crippen LogP contribution is 2.52. The van der Waals surface area contributed by atoms with E-state index < -0.39 is 29.4 Å². The summed E-state index contributed by atoms with van der Waals surface area (Å²) in [4.78, 5) is 11.3. The number of hydrogen-bond acceptors (Lipinski definition) is 3. The summed E-state index contributed by atoms with van der Waals surface area (Å²) >= 11 is 0. The van der Waals surface area contributed by atoms with Crippen molar-refractivity contribution in [2.45, 2.75) is 17.9 Å². The van der Waals surface area contributed by atoms with Gasteiger partial charge in [-0.05, 0) is 0 Å². The van der Waals surface area contributed by atoms with E-state index in [1.807, 2.05) is 0 Å². The predicted octanol–water partition coefficient (Wildman–Crippen LogP) is 1.36. The summed E-state index contributed by atoms with van der Waals surface area (Å²) in [5, 5.41) is 0. The van der Waals surface area contributed by atoms with Gasteiger partial charge in [0.25, 0.3) is 0 Å². The Kier molecular flexibility index (Phi) is 1.94. The molecule has 82 valence electrons. The lowest BCUT2D eigenvalue weighted by molar-refractivity contribution is -0.151. The number of ether oxygens (including phenoxy) is 2. The molecule has 1 aliphatic carbocycles. The van der Waals surface area contributed by atoms with E-state index in [4.69, 9.17) is 4.74 Å². The molecule has 1 aliphatic heterocycles. The lowest BCUT2D eigenvalue weighted by Gasteiger charge is -2.18. The van der Waals surface area contributed by atoms with Crippen LogP contribution in [0.3, 0.4) is 0 Å². The van der Waals surface area contributed by atoms with E-state index in [9.17, 15) is 18.0 Å². The van der Waals surface area contributed by atoms with Gasteiger partial charge in [-0.1, -0.05) is 18.2 Å². The second-order valence-corrected chi connectivity index (χ2v) is 3.23. The summed E-state index contributed by atoms with van der Waals surface area (Å²) < 4.78 is 46.8. The Morgan fingerprint density at radius 2 is 2.27 bits per heavy atom. The smallest absolute Gasteiger partial charge is 0.416 e. The molecule has 0 radical (unpaired) electrons. The van der Waals surface area contributed by atoms with Crippen molar-refractivity contribution in [2.75, 3.05) is 7.11 Å². The molecule has 1 fully saturated rings. The molecule has 1 saturated heterocycles. The molecular weight excluding hydrogens is 213 g/mol. The van der Waals surface area contributed by atoms with Gasteiger partial charge in [-0.25, -0.2) is 4.79 Å². The van der Waals surface area contributed by atoms with E-state index >= 15 is 0 Å². The molecule has 6 heteroatoms. The summed E-state index contributed by atoms with van der Waals surface area (Å²) in [6.07, 6.45) is -1.99. The van der Waals surface area contributed by atoms with Crippen LogP contribution in [0.4, 0.5) is 13.2 Å². The van der Waals surface area contributed by atoms with Crippen LogP contribution in [-0.2, 0) is 14.3 Å². The van der Waals surface area contributed by atoms with Crippen LogP contribution < -0.4 is 0 Å². The number of halogens is 3. The third kappa shape index (κ3) is 1.28. The van der Waals surface area contributed by atoms with Gasteiger partial charge < -0.3 is 9.47 Å². The molecule has 2 aliphatic rings. The lowest BCUT2D eigenvalue weighted by Crippen LogP contribution is -2.38. The molecule has 0 aromatic rings. The van der Waals surface area contributed by atoms with Gasteiger partial charge in [0.05, 0.1) is 12.7 Å². The predicted molar refractivity (Wildman–Crippen MR) is 42.9 cm³/mol. The van der Waals surface area contributed by atoms with Crippen molar-refractivity contribution in [2.24, 2.45) is 0 Å². The normalized spacial score (nSPS) is 33.1. The molecule has 2 rings (SSSR count). The number of carbonyl (C=O) groups is 1. The van der Waals surface area contributed by atoms with E-state index in [2.05, 4.69) is 4.74 Å². The summed E-state index contributed by atoms with van der Waals surface area (Å²) in [5.74, 6) is -1.01. The van der Waals surface area contributed by atoms with E-state index in [0.717, 1.165) is 13.2 Å². The minimum absolute atomic E-state index is 0.834. The van der Waals surface area contributed by atoms with Gasteiger partial charge in [0.1, 0.15) is 6.10 Å². The van der Waals surface area contributed by atoms with Gasteiger partial charge in [-0.15, -0.1) is 0 Å². The van der Waals surface area contributed by atoms with Crippen LogP contribution in [0.5, 0.6) is 0 Å². The Morgan fingerprint density at radius 3 is 2.80 bits per heavy atom. The summed E-state index contributed by atoms with van der Waals surface area (Å²) in [6, 6.07) is 0. The first kappa shape index (κ1) is 10.2. The third-order valence-corrected chi connectivity index (χ3v) is 2.40. The molecule has 1 heterocycles. The molecule has 0 aromatic carbocycles. The largest absolute Gasteiger partial charge is 0.467 e. The second-order valence-electron chi connectivity index (χ2n) is 3.23. The number of carbonyl (C=O) groups excluding carboxylic acids is 1.